The molecule has 0 aromatic rings. The quantitative estimate of drug-likeness (QED) is 0.652. The van der Waals surface area contributed by atoms with Gasteiger partial charge in [0.05, 0.1) is 6.10 Å². The Hall–Kier alpha value is -0.220. The summed E-state index contributed by atoms with van der Waals surface area (Å²) in [6, 6.07) is 0. The highest BCUT2D eigenvalue weighted by Crippen LogP contribution is 2.65. The molecule has 23 heavy (non-hydrogen) atoms. The van der Waals surface area contributed by atoms with Crippen molar-refractivity contribution in [3.8, 4) is 0 Å². The fraction of sp³-hybridized carbons (Fsp3) is 0.895. The van der Waals surface area contributed by atoms with Crippen LogP contribution in [0.5, 0.6) is 0 Å². The van der Waals surface area contributed by atoms with Gasteiger partial charge in [-0.3, -0.25) is 9.59 Å². The van der Waals surface area contributed by atoms with Gasteiger partial charge in [-0.25, -0.2) is 0 Å². The van der Waals surface area contributed by atoms with E-state index in [1.807, 2.05) is 0 Å². The number of halogens is 1. The molecular formula is C19H27BrO3. The predicted molar refractivity (Wildman–Crippen MR) is 91.2 cm³/mol. The van der Waals surface area contributed by atoms with E-state index in [0.717, 1.165) is 25.7 Å². The third-order valence-electron chi connectivity index (χ3n) is 8.00. The Morgan fingerprint density at radius 1 is 1.13 bits per heavy atom. The number of carbonyl (C=O) groups is 2. The van der Waals surface area contributed by atoms with E-state index in [2.05, 4.69) is 29.8 Å². The summed E-state index contributed by atoms with van der Waals surface area (Å²) in [4.78, 5) is 26.4. The van der Waals surface area contributed by atoms with Crippen LogP contribution >= 0.6 is 15.9 Å². The first-order valence-electron chi connectivity index (χ1n) is 9.14. The van der Waals surface area contributed by atoms with E-state index in [1.54, 1.807) is 0 Å². The third-order valence-corrected chi connectivity index (χ3v) is 8.70. The van der Waals surface area contributed by atoms with Gasteiger partial charge in [0, 0.05) is 29.0 Å². The number of rotatable bonds is 0. The normalized spacial score (nSPS) is 56.0. The Balaban J connectivity index is 1.73. The number of ketones is 2. The Morgan fingerprint density at radius 3 is 2.61 bits per heavy atom. The highest BCUT2D eigenvalue weighted by molar-refractivity contribution is 9.09. The van der Waals surface area contributed by atoms with Crippen LogP contribution in [-0.4, -0.2) is 27.6 Å². The van der Waals surface area contributed by atoms with Crippen molar-refractivity contribution in [3.63, 3.8) is 0 Å². The second-order valence-electron chi connectivity index (χ2n) is 9.14. The zero-order chi connectivity index (χ0) is 16.6. The van der Waals surface area contributed by atoms with Crippen molar-refractivity contribution in [1.29, 1.82) is 0 Å². The topological polar surface area (TPSA) is 54.4 Å². The fourth-order valence-electron chi connectivity index (χ4n) is 6.74. The zero-order valence-corrected chi connectivity index (χ0v) is 15.6. The Bertz CT molecular complexity index is 561. The Kier molecular flexibility index (Phi) is 3.63. The molecule has 0 aromatic carbocycles. The summed E-state index contributed by atoms with van der Waals surface area (Å²) >= 11 is 3.79. The summed E-state index contributed by atoms with van der Waals surface area (Å²) in [6.45, 7) is 4.46. The van der Waals surface area contributed by atoms with E-state index in [-0.39, 0.29) is 40.8 Å². The number of hydrogen-bond acceptors (Lipinski definition) is 3. The van der Waals surface area contributed by atoms with Gasteiger partial charge in [-0.05, 0) is 55.3 Å². The lowest BCUT2D eigenvalue weighted by Gasteiger charge is -2.58. The van der Waals surface area contributed by atoms with E-state index in [9.17, 15) is 14.7 Å². The van der Waals surface area contributed by atoms with Crippen molar-refractivity contribution < 1.29 is 14.7 Å². The number of aliphatic hydroxyl groups is 1. The first-order valence-corrected chi connectivity index (χ1v) is 10.1. The number of hydrogen-bond donors (Lipinski definition) is 1. The smallest absolute Gasteiger partial charge is 0.141 e. The highest BCUT2D eigenvalue weighted by atomic mass is 79.9. The van der Waals surface area contributed by atoms with Gasteiger partial charge in [-0.15, -0.1) is 0 Å². The molecule has 3 nitrogen and oxygen atoms in total. The molecule has 4 fully saturated rings. The average Bonchev–Trinajstić information content (AvgIpc) is 2.76. The first kappa shape index (κ1) is 16.3. The molecule has 0 bridgehead atoms. The monoisotopic (exact) mass is 382 g/mol. The maximum atomic E-state index is 13.0. The molecule has 3 unspecified atom stereocenters. The highest BCUT2D eigenvalue weighted by Gasteiger charge is 2.64. The van der Waals surface area contributed by atoms with Crippen LogP contribution in [0.4, 0.5) is 0 Å². The number of fused-ring (bicyclic) bond motifs is 5. The SMILES string of the molecule is C[C@]12CC[C@@H]3[C@@H](C(=O)CC4CC(O)CC(=O)[C@@]43C)[C@@H]1CC(Br)C2. The van der Waals surface area contributed by atoms with Crippen LogP contribution in [0.25, 0.3) is 0 Å². The van der Waals surface area contributed by atoms with Gasteiger partial charge >= 0.3 is 0 Å². The second kappa shape index (κ2) is 5.14. The van der Waals surface area contributed by atoms with Crippen LogP contribution in [-0.2, 0) is 9.59 Å². The van der Waals surface area contributed by atoms with Crippen molar-refractivity contribution in [3.05, 3.63) is 0 Å². The zero-order valence-electron chi connectivity index (χ0n) is 14.1. The minimum absolute atomic E-state index is 0.0537. The molecule has 0 spiro atoms. The molecule has 128 valence electrons. The van der Waals surface area contributed by atoms with Crippen LogP contribution in [0.2, 0.25) is 0 Å². The van der Waals surface area contributed by atoms with Crippen LogP contribution in [0, 0.1) is 34.5 Å². The molecule has 4 aliphatic carbocycles. The van der Waals surface area contributed by atoms with E-state index in [1.165, 1.54) is 0 Å². The molecule has 1 N–H and O–H groups in total. The Labute approximate surface area is 146 Å². The molecule has 0 radical (unpaired) electrons. The van der Waals surface area contributed by atoms with Crippen LogP contribution in [0.15, 0.2) is 0 Å². The van der Waals surface area contributed by atoms with Gasteiger partial charge in [0.2, 0.25) is 0 Å². The average molecular weight is 383 g/mol. The van der Waals surface area contributed by atoms with Gasteiger partial charge in [-0.1, -0.05) is 29.8 Å². The minimum atomic E-state index is -0.544. The minimum Gasteiger partial charge on any atom is -0.393 e. The summed E-state index contributed by atoms with van der Waals surface area (Å²) in [5, 5.41) is 10.0. The van der Waals surface area contributed by atoms with Gasteiger partial charge in [0.1, 0.15) is 11.6 Å². The molecule has 0 heterocycles. The molecule has 4 rings (SSSR count). The molecule has 0 aliphatic heterocycles. The van der Waals surface area contributed by atoms with Gasteiger partial charge < -0.3 is 5.11 Å². The van der Waals surface area contributed by atoms with Crippen LogP contribution in [0.1, 0.15) is 58.8 Å². The largest absolute Gasteiger partial charge is 0.393 e. The molecule has 4 aliphatic rings. The molecular weight excluding hydrogens is 356 g/mol. The van der Waals surface area contributed by atoms with Crippen LogP contribution < -0.4 is 0 Å². The number of alkyl halides is 1. The van der Waals surface area contributed by atoms with E-state index in [0.29, 0.717) is 29.4 Å². The lowest BCUT2D eigenvalue weighted by Crippen LogP contribution is -2.60. The molecule has 8 atom stereocenters. The fourth-order valence-corrected chi connectivity index (χ4v) is 7.88. The summed E-state index contributed by atoms with van der Waals surface area (Å²) in [7, 11) is 0. The number of aliphatic hydroxyl groups excluding tert-OH is 1. The van der Waals surface area contributed by atoms with Gasteiger partial charge in [-0.2, -0.15) is 0 Å². The Morgan fingerprint density at radius 2 is 1.87 bits per heavy atom. The van der Waals surface area contributed by atoms with Gasteiger partial charge in [0.15, 0.2) is 0 Å². The maximum Gasteiger partial charge on any atom is 0.141 e. The lowest BCUT2D eigenvalue weighted by atomic mass is 9.44. The third kappa shape index (κ3) is 2.16. The summed E-state index contributed by atoms with van der Waals surface area (Å²) in [6.07, 6.45) is 5.22. The molecule has 4 heteroatoms. The van der Waals surface area contributed by atoms with Crippen molar-refractivity contribution >= 4 is 27.5 Å². The number of Topliss-reactive ketones (excluding diaryl/α,β-unsaturated/α-hetero) is 2. The van der Waals surface area contributed by atoms with E-state index >= 15 is 0 Å². The molecule has 0 aromatic heterocycles. The summed E-state index contributed by atoms with van der Waals surface area (Å²) in [5.74, 6) is 1.33. The van der Waals surface area contributed by atoms with E-state index in [4.69, 9.17) is 0 Å². The second-order valence-corrected chi connectivity index (χ2v) is 10.4. The predicted octanol–water partition coefficient (Wildman–Crippen LogP) is 3.51. The van der Waals surface area contributed by atoms with Crippen molar-refractivity contribution in [2.45, 2.75) is 69.7 Å². The first-order chi connectivity index (χ1) is 10.8. The molecule has 4 saturated carbocycles. The maximum absolute atomic E-state index is 13.0. The van der Waals surface area contributed by atoms with Crippen molar-refractivity contribution in [2.24, 2.45) is 34.5 Å². The standard InChI is InChI=1S/C19H27BrO3/c1-18-4-3-13-17(14(18)7-11(20)9-18)15(22)6-10-5-12(21)8-16(23)19(10,13)2/h10-14,17,21H,3-9H2,1-2H3/t10?,11?,12?,13-,14+,17-,18-,19+/m1/s1. The van der Waals surface area contributed by atoms with Crippen LogP contribution in [0.3, 0.4) is 0 Å². The summed E-state index contributed by atoms with van der Waals surface area (Å²) < 4.78 is 0. The summed E-state index contributed by atoms with van der Waals surface area (Å²) in [5.41, 5.74) is -0.130. The molecule has 0 saturated heterocycles. The van der Waals surface area contributed by atoms with E-state index < -0.39 is 6.10 Å². The lowest BCUT2D eigenvalue weighted by molar-refractivity contribution is -0.168. The van der Waals surface area contributed by atoms with Gasteiger partial charge in [0.25, 0.3) is 0 Å². The van der Waals surface area contributed by atoms with Crippen molar-refractivity contribution in [2.75, 3.05) is 0 Å². The van der Waals surface area contributed by atoms with Crippen molar-refractivity contribution in [1.82, 2.24) is 0 Å². The number of carbonyl (C=O) groups excluding carboxylic acids is 2. The molecule has 0 amide bonds.